The van der Waals surface area contributed by atoms with Gasteiger partial charge in [0.15, 0.2) is 0 Å². The molecule has 0 aliphatic heterocycles. The number of hydrazine groups is 1. The third-order valence-corrected chi connectivity index (χ3v) is 3.37. The van der Waals surface area contributed by atoms with Crippen molar-refractivity contribution >= 4 is 17.8 Å². The highest BCUT2D eigenvalue weighted by molar-refractivity contribution is 5.42. The van der Waals surface area contributed by atoms with E-state index in [0.29, 0.717) is 17.8 Å². The average molecular weight is 267 g/mol. The van der Waals surface area contributed by atoms with Crippen molar-refractivity contribution in [3.63, 3.8) is 0 Å². The molecule has 0 aromatic carbocycles. The lowest BCUT2D eigenvalue weighted by Crippen LogP contribution is -2.22. The van der Waals surface area contributed by atoms with E-state index >= 15 is 0 Å². The molecule has 1 aromatic heterocycles. The number of nitrogens with one attached hydrogen (secondary N) is 2. The molecular formula is C11H21N7O. The number of hydrogen-bond acceptors (Lipinski definition) is 8. The van der Waals surface area contributed by atoms with Crippen LogP contribution in [0.25, 0.3) is 0 Å². The zero-order chi connectivity index (χ0) is 13.9. The average Bonchev–Trinajstić information content (AvgIpc) is 3.17. The van der Waals surface area contributed by atoms with Gasteiger partial charge in [-0.1, -0.05) is 0 Å². The molecule has 1 heterocycles. The smallest absolute Gasteiger partial charge is 0.243 e. The SMILES string of the molecule is CN(C)c1nc(NN)nc(NCC2(CCO)CC2)n1. The molecule has 0 radical (unpaired) electrons. The predicted octanol–water partition coefficient (Wildman–Crippen LogP) is -0.202. The second-order valence-electron chi connectivity index (χ2n) is 5.15. The van der Waals surface area contributed by atoms with Crippen LogP contribution in [0, 0.1) is 5.41 Å². The first kappa shape index (κ1) is 13.8. The highest BCUT2D eigenvalue weighted by Gasteiger charge is 2.41. The number of hydrogen-bond donors (Lipinski definition) is 4. The standard InChI is InChI=1S/C11H21N7O/c1-18(2)10-15-8(14-9(16-10)17-12)13-7-11(3-4-11)5-6-19/h19H,3-7,12H2,1-2H3,(H2,13,14,15,16,17). The number of anilines is 3. The largest absolute Gasteiger partial charge is 0.396 e. The fourth-order valence-corrected chi connectivity index (χ4v) is 1.90. The quantitative estimate of drug-likeness (QED) is 0.397. The number of aromatic nitrogens is 3. The molecule has 0 saturated heterocycles. The van der Waals surface area contributed by atoms with Crippen molar-refractivity contribution in [1.29, 1.82) is 0 Å². The molecule has 0 spiro atoms. The molecule has 5 N–H and O–H groups in total. The third kappa shape index (κ3) is 3.42. The van der Waals surface area contributed by atoms with E-state index < -0.39 is 0 Å². The van der Waals surface area contributed by atoms with Crippen LogP contribution in [-0.4, -0.2) is 47.3 Å². The summed E-state index contributed by atoms with van der Waals surface area (Å²) in [6, 6.07) is 0. The molecule has 1 aromatic rings. The number of nitrogens with two attached hydrogens (primary N) is 1. The van der Waals surface area contributed by atoms with Gasteiger partial charge in [-0.25, -0.2) is 5.84 Å². The Bertz CT molecular complexity index is 433. The number of aliphatic hydroxyl groups is 1. The summed E-state index contributed by atoms with van der Waals surface area (Å²) in [5, 5.41) is 12.2. The zero-order valence-electron chi connectivity index (χ0n) is 11.3. The lowest BCUT2D eigenvalue weighted by Gasteiger charge is -2.16. The Morgan fingerprint density at radius 3 is 2.47 bits per heavy atom. The van der Waals surface area contributed by atoms with Gasteiger partial charge in [-0.15, -0.1) is 0 Å². The highest BCUT2D eigenvalue weighted by Crippen LogP contribution is 2.48. The maximum atomic E-state index is 9.04. The molecule has 1 aliphatic carbocycles. The van der Waals surface area contributed by atoms with E-state index in [0.717, 1.165) is 25.8 Å². The van der Waals surface area contributed by atoms with Crippen molar-refractivity contribution in [1.82, 2.24) is 15.0 Å². The molecule has 8 nitrogen and oxygen atoms in total. The molecule has 0 bridgehead atoms. The normalized spacial score (nSPS) is 16.0. The van der Waals surface area contributed by atoms with E-state index in [9.17, 15) is 0 Å². The molecule has 2 rings (SSSR count). The minimum absolute atomic E-state index is 0.204. The van der Waals surface area contributed by atoms with Gasteiger partial charge in [0.1, 0.15) is 0 Å². The van der Waals surface area contributed by atoms with Crippen LogP contribution >= 0.6 is 0 Å². The molecule has 1 saturated carbocycles. The first-order valence-corrected chi connectivity index (χ1v) is 6.33. The van der Waals surface area contributed by atoms with Crippen LogP contribution in [-0.2, 0) is 0 Å². The Kier molecular flexibility index (Phi) is 4.01. The molecular weight excluding hydrogens is 246 g/mol. The maximum Gasteiger partial charge on any atom is 0.243 e. The summed E-state index contributed by atoms with van der Waals surface area (Å²) in [5.41, 5.74) is 2.64. The first-order valence-electron chi connectivity index (χ1n) is 6.33. The minimum atomic E-state index is 0.204. The molecule has 0 unspecified atom stereocenters. The molecule has 1 aliphatic rings. The summed E-state index contributed by atoms with van der Waals surface area (Å²) < 4.78 is 0. The van der Waals surface area contributed by atoms with Crippen LogP contribution in [0.3, 0.4) is 0 Å². The summed E-state index contributed by atoms with van der Waals surface area (Å²) in [7, 11) is 3.71. The minimum Gasteiger partial charge on any atom is -0.396 e. The predicted molar refractivity (Wildman–Crippen MR) is 73.8 cm³/mol. The van der Waals surface area contributed by atoms with Crippen LogP contribution in [0.2, 0.25) is 0 Å². The summed E-state index contributed by atoms with van der Waals surface area (Å²) in [6.07, 6.45) is 3.08. The highest BCUT2D eigenvalue weighted by atomic mass is 16.3. The molecule has 1 fully saturated rings. The molecule has 0 atom stereocenters. The van der Waals surface area contributed by atoms with Crippen LogP contribution in [0.4, 0.5) is 17.8 Å². The van der Waals surface area contributed by atoms with Crippen molar-refractivity contribution in [2.75, 3.05) is 42.9 Å². The number of nitrogens with zero attached hydrogens (tertiary/aromatic N) is 4. The van der Waals surface area contributed by atoms with Crippen molar-refractivity contribution < 1.29 is 5.11 Å². The van der Waals surface area contributed by atoms with Crippen LogP contribution in [0.1, 0.15) is 19.3 Å². The van der Waals surface area contributed by atoms with Crippen molar-refractivity contribution in [3.8, 4) is 0 Å². The lowest BCUT2D eigenvalue weighted by molar-refractivity contribution is 0.253. The summed E-state index contributed by atoms with van der Waals surface area (Å²) >= 11 is 0. The second-order valence-corrected chi connectivity index (χ2v) is 5.15. The van der Waals surface area contributed by atoms with Crippen LogP contribution in [0.15, 0.2) is 0 Å². The van der Waals surface area contributed by atoms with Crippen LogP contribution < -0.4 is 21.5 Å². The molecule has 106 valence electrons. The van der Waals surface area contributed by atoms with Crippen LogP contribution in [0.5, 0.6) is 0 Å². The Hall–Kier alpha value is -1.67. The third-order valence-electron chi connectivity index (χ3n) is 3.37. The Balaban J connectivity index is 2.05. The summed E-state index contributed by atoms with van der Waals surface area (Å²) in [4.78, 5) is 14.4. The van der Waals surface area contributed by atoms with Gasteiger partial charge in [0, 0.05) is 27.2 Å². The maximum absolute atomic E-state index is 9.04. The second kappa shape index (κ2) is 5.54. The van der Waals surface area contributed by atoms with Gasteiger partial charge in [-0.05, 0) is 24.7 Å². The Morgan fingerprint density at radius 2 is 1.95 bits per heavy atom. The van der Waals surface area contributed by atoms with Gasteiger partial charge in [0.25, 0.3) is 0 Å². The first-order chi connectivity index (χ1) is 9.08. The fourth-order valence-electron chi connectivity index (χ4n) is 1.90. The summed E-state index contributed by atoms with van der Waals surface area (Å²) in [5.74, 6) is 6.71. The number of nitrogen functional groups attached to an aromatic ring is 1. The van der Waals surface area contributed by atoms with Gasteiger partial charge >= 0.3 is 0 Å². The molecule has 19 heavy (non-hydrogen) atoms. The van der Waals surface area contributed by atoms with E-state index in [1.165, 1.54) is 0 Å². The monoisotopic (exact) mass is 267 g/mol. The van der Waals surface area contributed by atoms with Gasteiger partial charge < -0.3 is 15.3 Å². The van der Waals surface area contributed by atoms with Gasteiger partial charge in [0.05, 0.1) is 0 Å². The topological polar surface area (TPSA) is 112 Å². The van der Waals surface area contributed by atoms with Gasteiger partial charge in [0.2, 0.25) is 17.8 Å². The zero-order valence-corrected chi connectivity index (χ0v) is 11.3. The lowest BCUT2D eigenvalue weighted by atomic mass is 10.0. The Labute approximate surface area is 112 Å². The Morgan fingerprint density at radius 1 is 1.26 bits per heavy atom. The van der Waals surface area contributed by atoms with Crippen molar-refractivity contribution in [3.05, 3.63) is 0 Å². The van der Waals surface area contributed by atoms with Gasteiger partial charge in [-0.3, -0.25) is 5.43 Å². The van der Waals surface area contributed by atoms with Crippen molar-refractivity contribution in [2.24, 2.45) is 11.3 Å². The molecule has 8 heteroatoms. The van der Waals surface area contributed by atoms with E-state index in [1.54, 1.807) is 4.90 Å². The van der Waals surface area contributed by atoms with E-state index in [-0.39, 0.29) is 12.0 Å². The van der Waals surface area contributed by atoms with Gasteiger partial charge in [-0.2, -0.15) is 15.0 Å². The van der Waals surface area contributed by atoms with Crippen molar-refractivity contribution in [2.45, 2.75) is 19.3 Å². The van der Waals surface area contributed by atoms with E-state index in [4.69, 9.17) is 10.9 Å². The number of aliphatic hydroxyl groups excluding tert-OH is 1. The van der Waals surface area contributed by atoms with E-state index in [2.05, 4.69) is 25.7 Å². The number of rotatable bonds is 7. The van der Waals surface area contributed by atoms with E-state index in [1.807, 2.05) is 14.1 Å². The summed E-state index contributed by atoms with van der Waals surface area (Å²) in [6.45, 7) is 0.978. The fraction of sp³-hybridized carbons (Fsp3) is 0.727. The molecule has 0 amide bonds.